The van der Waals surface area contributed by atoms with E-state index in [9.17, 15) is 20.1 Å². The summed E-state index contributed by atoms with van der Waals surface area (Å²) in [6, 6.07) is -0.796. The molecule has 1 amide bonds. The van der Waals surface area contributed by atoms with E-state index < -0.39 is 24.2 Å². The Morgan fingerprint density at radius 2 is 0.796 bits per heavy atom. The first-order valence-corrected chi connectivity index (χ1v) is 23.8. The quantitative estimate of drug-likeness (QED) is 0.0368. The number of carbonyl (C=O) groups excluding carboxylic acids is 1. The highest BCUT2D eigenvalue weighted by Crippen LogP contribution is 2.15. The van der Waals surface area contributed by atoms with Crippen LogP contribution in [0.1, 0.15) is 245 Å². The van der Waals surface area contributed by atoms with Crippen LogP contribution in [0.3, 0.4) is 0 Å². The number of unbranched alkanes of at least 4 members (excludes halogenated alkanes) is 31. The fourth-order valence-corrected chi connectivity index (χ4v) is 7.22. The van der Waals surface area contributed by atoms with Gasteiger partial charge in [-0.3, -0.25) is 4.79 Å². The standard InChI is InChI=1S/C49H93NO4/c1-3-5-7-9-11-13-15-17-18-19-20-21-22-23-24-25-26-27-28-29-30-31-32-34-36-38-40-42-44-48(53)49(54)50-46(45-51)47(52)43-41-39-37-35-33-16-14-12-10-8-6-4-2/h20-21,23-24,41,43,46-48,51-53H,3-19,22,25-40,42,44-45H2,1-2H3,(H,50,54)/b21-20-,24-23-,43-41+. The van der Waals surface area contributed by atoms with Crippen molar-refractivity contribution >= 4 is 5.91 Å². The SMILES string of the molecule is CCCCCCCCCCC/C=C\C/C=C\CCCCCCCCCCCCCCC(O)C(=O)NC(CO)C(O)/C=C/CCCCCCCCCCCC. The van der Waals surface area contributed by atoms with Crippen LogP contribution in [0.15, 0.2) is 36.5 Å². The zero-order chi connectivity index (χ0) is 39.4. The lowest BCUT2D eigenvalue weighted by molar-refractivity contribution is -0.131. The summed E-state index contributed by atoms with van der Waals surface area (Å²) >= 11 is 0. The summed E-state index contributed by atoms with van der Waals surface area (Å²) < 4.78 is 0. The van der Waals surface area contributed by atoms with Gasteiger partial charge in [-0.1, -0.05) is 230 Å². The third kappa shape index (κ3) is 38.8. The van der Waals surface area contributed by atoms with Crippen molar-refractivity contribution in [3.63, 3.8) is 0 Å². The van der Waals surface area contributed by atoms with E-state index in [0.29, 0.717) is 6.42 Å². The minimum absolute atomic E-state index is 0.364. The molecule has 0 fully saturated rings. The zero-order valence-electron chi connectivity index (χ0n) is 36.1. The van der Waals surface area contributed by atoms with Gasteiger partial charge in [-0.15, -0.1) is 0 Å². The molecule has 0 bridgehead atoms. The number of carbonyl (C=O) groups is 1. The molecule has 0 aromatic heterocycles. The largest absolute Gasteiger partial charge is 0.394 e. The van der Waals surface area contributed by atoms with Gasteiger partial charge in [0.05, 0.1) is 18.8 Å². The molecule has 54 heavy (non-hydrogen) atoms. The van der Waals surface area contributed by atoms with Gasteiger partial charge < -0.3 is 20.6 Å². The van der Waals surface area contributed by atoms with Gasteiger partial charge in [0, 0.05) is 0 Å². The predicted molar refractivity (Wildman–Crippen MR) is 236 cm³/mol. The summed E-state index contributed by atoms with van der Waals surface area (Å²) in [6.07, 6.45) is 56.2. The van der Waals surface area contributed by atoms with Gasteiger partial charge in [-0.05, 0) is 51.4 Å². The minimum Gasteiger partial charge on any atom is -0.394 e. The van der Waals surface area contributed by atoms with Crippen LogP contribution in [0.4, 0.5) is 0 Å². The molecule has 5 heteroatoms. The van der Waals surface area contributed by atoms with E-state index in [-0.39, 0.29) is 6.61 Å². The Balaban J connectivity index is 3.58. The normalized spacial score (nSPS) is 13.8. The van der Waals surface area contributed by atoms with E-state index in [1.165, 1.54) is 186 Å². The zero-order valence-corrected chi connectivity index (χ0v) is 36.1. The molecule has 4 N–H and O–H groups in total. The second-order valence-electron chi connectivity index (χ2n) is 16.3. The Labute approximate surface area is 336 Å². The Hall–Kier alpha value is -1.43. The highest BCUT2D eigenvalue weighted by molar-refractivity contribution is 5.80. The van der Waals surface area contributed by atoms with Crippen LogP contribution in [-0.2, 0) is 4.79 Å². The molecule has 0 saturated carbocycles. The van der Waals surface area contributed by atoms with Gasteiger partial charge in [0.2, 0.25) is 5.91 Å². The van der Waals surface area contributed by atoms with Crippen LogP contribution in [0.2, 0.25) is 0 Å². The summed E-state index contributed by atoms with van der Waals surface area (Å²) in [5.74, 6) is -0.505. The van der Waals surface area contributed by atoms with Crippen molar-refractivity contribution in [1.29, 1.82) is 0 Å². The summed E-state index contributed by atoms with van der Waals surface area (Å²) in [5, 5.41) is 33.1. The Morgan fingerprint density at radius 1 is 0.463 bits per heavy atom. The molecular weight excluding hydrogens is 667 g/mol. The monoisotopic (exact) mass is 760 g/mol. The molecule has 0 aliphatic rings. The highest BCUT2D eigenvalue weighted by atomic mass is 16.3. The van der Waals surface area contributed by atoms with Crippen molar-refractivity contribution in [2.24, 2.45) is 0 Å². The first kappa shape index (κ1) is 52.6. The Morgan fingerprint density at radius 3 is 1.17 bits per heavy atom. The van der Waals surface area contributed by atoms with Crippen LogP contribution in [0, 0.1) is 0 Å². The Kier molecular flexibility index (Phi) is 43.1. The number of amides is 1. The maximum atomic E-state index is 12.5. The van der Waals surface area contributed by atoms with E-state index in [4.69, 9.17) is 0 Å². The second-order valence-corrected chi connectivity index (χ2v) is 16.3. The molecule has 3 unspecified atom stereocenters. The molecular formula is C49H93NO4. The van der Waals surface area contributed by atoms with Gasteiger partial charge in [0.1, 0.15) is 6.10 Å². The molecule has 0 rings (SSSR count). The lowest BCUT2D eigenvalue weighted by Crippen LogP contribution is -2.48. The third-order valence-corrected chi connectivity index (χ3v) is 11.0. The molecule has 0 saturated heterocycles. The van der Waals surface area contributed by atoms with Crippen LogP contribution in [0.25, 0.3) is 0 Å². The number of aliphatic hydroxyl groups is 3. The number of hydrogen-bond donors (Lipinski definition) is 4. The van der Waals surface area contributed by atoms with Crippen LogP contribution in [0.5, 0.6) is 0 Å². The number of rotatable bonds is 43. The van der Waals surface area contributed by atoms with Crippen molar-refractivity contribution < 1.29 is 20.1 Å². The molecule has 0 aromatic rings. The Bertz CT molecular complexity index is 840. The number of aliphatic hydroxyl groups excluding tert-OH is 3. The molecule has 0 heterocycles. The predicted octanol–water partition coefficient (Wildman–Crippen LogP) is 13.9. The van der Waals surface area contributed by atoms with Crippen molar-refractivity contribution in [1.82, 2.24) is 5.32 Å². The van der Waals surface area contributed by atoms with Crippen molar-refractivity contribution in [2.45, 2.75) is 263 Å². The van der Waals surface area contributed by atoms with Crippen molar-refractivity contribution in [3.05, 3.63) is 36.5 Å². The smallest absolute Gasteiger partial charge is 0.249 e. The number of hydrogen-bond acceptors (Lipinski definition) is 4. The molecule has 0 aliphatic carbocycles. The van der Waals surface area contributed by atoms with Crippen molar-refractivity contribution in [2.75, 3.05) is 6.61 Å². The van der Waals surface area contributed by atoms with E-state index >= 15 is 0 Å². The molecule has 5 nitrogen and oxygen atoms in total. The van der Waals surface area contributed by atoms with Crippen LogP contribution >= 0.6 is 0 Å². The van der Waals surface area contributed by atoms with Crippen LogP contribution in [-0.4, -0.2) is 46.1 Å². The average Bonchev–Trinajstić information content (AvgIpc) is 3.18. The fraction of sp³-hybridized carbons (Fsp3) is 0.857. The van der Waals surface area contributed by atoms with Gasteiger partial charge in [0.15, 0.2) is 0 Å². The summed E-state index contributed by atoms with van der Waals surface area (Å²) in [6.45, 7) is 4.18. The van der Waals surface area contributed by atoms with Gasteiger partial charge in [-0.25, -0.2) is 0 Å². The summed E-state index contributed by atoms with van der Waals surface area (Å²) in [4.78, 5) is 12.5. The van der Waals surface area contributed by atoms with E-state index in [1.54, 1.807) is 6.08 Å². The molecule has 0 spiro atoms. The van der Waals surface area contributed by atoms with Crippen LogP contribution < -0.4 is 5.32 Å². The maximum absolute atomic E-state index is 12.5. The van der Waals surface area contributed by atoms with Crippen molar-refractivity contribution in [3.8, 4) is 0 Å². The second kappa shape index (κ2) is 44.3. The van der Waals surface area contributed by atoms with E-state index in [0.717, 1.165) is 38.5 Å². The topological polar surface area (TPSA) is 89.8 Å². The molecule has 0 aliphatic heterocycles. The summed E-state index contributed by atoms with van der Waals surface area (Å²) in [5.41, 5.74) is 0. The molecule has 318 valence electrons. The first-order valence-electron chi connectivity index (χ1n) is 23.8. The maximum Gasteiger partial charge on any atom is 0.249 e. The average molecular weight is 760 g/mol. The highest BCUT2D eigenvalue weighted by Gasteiger charge is 2.22. The molecule has 0 aromatic carbocycles. The summed E-state index contributed by atoms with van der Waals surface area (Å²) in [7, 11) is 0. The van der Waals surface area contributed by atoms with Gasteiger partial charge >= 0.3 is 0 Å². The fourth-order valence-electron chi connectivity index (χ4n) is 7.22. The lowest BCUT2D eigenvalue weighted by Gasteiger charge is -2.21. The van der Waals surface area contributed by atoms with Gasteiger partial charge in [-0.2, -0.15) is 0 Å². The first-order chi connectivity index (χ1) is 26.6. The number of allylic oxidation sites excluding steroid dienone is 5. The third-order valence-electron chi connectivity index (χ3n) is 11.0. The number of nitrogens with one attached hydrogen (secondary N) is 1. The lowest BCUT2D eigenvalue weighted by atomic mass is 10.0. The van der Waals surface area contributed by atoms with E-state index in [2.05, 4.69) is 43.5 Å². The van der Waals surface area contributed by atoms with Gasteiger partial charge in [0.25, 0.3) is 0 Å². The minimum atomic E-state index is -1.10. The van der Waals surface area contributed by atoms with E-state index in [1.807, 2.05) is 6.08 Å². The molecule has 0 radical (unpaired) electrons. The molecule has 3 atom stereocenters.